The van der Waals surface area contributed by atoms with E-state index < -0.39 is 23.3 Å². The number of imidazole rings is 1. The van der Waals surface area contributed by atoms with Gasteiger partial charge in [-0.2, -0.15) is 0 Å². The van der Waals surface area contributed by atoms with Crippen molar-refractivity contribution in [2.24, 2.45) is 0 Å². The van der Waals surface area contributed by atoms with Crippen molar-refractivity contribution in [1.29, 1.82) is 0 Å². The van der Waals surface area contributed by atoms with Crippen LogP contribution in [0.25, 0.3) is 11.1 Å². The van der Waals surface area contributed by atoms with E-state index in [1.165, 1.54) is 24.0 Å². The summed E-state index contributed by atoms with van der Waals surface area (Å²) < 4.78 is 57.2. The number of nitrogens with zero attached hydrogens (tertiary/aromatic N) is 2. The summed E-state index contributed by atoms with van der Waals surface area (Å²) in [5, 5.41) is 0. The molecule has 1 aromatic heterocycles. The summed E-state index contributed by atoms with van der Waals surface area (Å²) in [6.45, 7) is 1.28. The SMILES string of the molecule is Cc1c(F)cc(-c2cc(F)c(Cn3ccnc3)c(F)c2)cc1F. The lowest BCUT2D eigenvalue weighted by molar-refractivity contribution is 0.544. The number of rotatable bonds is 3. The molecule has 0 saturated carbocycles. The summed E-state index contributed by atoms with van der Waals surface area (Å²) in [5.74, 6) is -3.09. The normalized spacial score (nSPS) is 11.0. The van der Waals surface area contributed by atoms with Crippen molar-refractivity contribution in [3.05, 3.63) is 77.4 Å². The average molecular weight is 320 g/mol. The van der Waals surface area contributed by atoms with Crippen molar-refractivity contribution in [2.45, 2.75) is 13.5 Å². The Hall–Kier alpha value is -2.63. The van der Waals surface area contributed by atoms with Crippen molar-refractivity contribution < 1.29 is 17.6 Å². The highest BCUT2D eigenvalue weighted by Gasteiger charge is 2.15. The Morgan fingerprint density at radius 3 is 1.87 bits per heavy atom. The molecule has 0 saturated heterocycles. The summed E-state index contributed by atoms with van der Waals surface area (Å²) in [7, 11) is 0. The molecule has 0 atom stereocenters. The molecule has 0 bridgehead atoms. The van der Waals surface area contributed by atoms with Crippen LogP contribution in [0.3, 0.4) is 0 Å². The smallest absolute Gasteiger partial charge is 0.131 e. The van der Waals surface area contributed by atoms with Crippen LogP contribution in [0, 0.1) is 30.2 Å². The molecule has 2 nitrogen and oxygen atoms in total. The molecule has 0 aliphatic heterocycles. The van der Waals surface area contributed by atoms with Gasteiger partial charge in [0.2, 0.25) is 0 Å². The third kappa shape index (κ3) is 2.97. The number of aromatic nitrogens is 2. The van der Waals surface area contributed by atoms with E-state index in [1.807, 2.05) is 0 Å². The van der Waals surface area contributed by atoms with Gasteiger partial charge in [0.1, 0.15) is 23.3 Å². The molecule has 1 heterocycles. The summed E-state index contributed by atoms with van der Waals surface area (Å²) >= 11 is 0. The van der Waals surface area contributed by atoms with Crippen LogP contribution in [0.2, 0.25) is 0 Å². The molecule has 6 heteroatoms. The van der Waals surface area contributed by atoms with Crippen molar-refractivity contribution in [1.82, 2.24) is 9.55 Å². The molecule has 0 aliphatic rings. The van der Waals surface area contributed by atoms with Gasteiger partial charge in [-0.3, -0.25) is 0 Å². The third-order valence-electron chi connectivity index (χ3n) is 3.66. The molecule has 0 aliphatic carbocycles. The second kappa shape index (κ2) is 5.87. The van der Waals surface area contributed by atoms with Gasteiger partial charge in [-0.05, 0) is 42.3 Å². The molecule has 23 heavy (non-hydrogen) atoms. The quantitative estimate of drug-likeness (QED) is 0.651. The zero-order chi connectivity index (χ0) is 16.6. The lowest BCUT2D eigenvalue weighted by Crippen LogP contribution is -2.03. The van der Waals surface area contributed by atoms with E-state index >= 15 is 0 Å². The molecule has 0 radical (unpaired) electrons. The van der Waals surface area contributed by atoms with E-state index in [2.05, 4.69) is 4.98 Å². The molecule has 0 N–H and O–H groups in total. The maximum Gasteiger partial charge on any atom is 0.131 e. The van der Waals surface area contributed by atoms with Gasteiger partial charge in [0.25, 0.3) is 0 Å². The summed E-state index contributed by atoms with van der Waals surface area (Å²) in [4.78, 5) is 3.81. The summed E-state index contributed by atoms with van der Waals surface area (Å²) in [6, 6.07) is 4.25. The largest absolute Gasteiger partial charge is 0.333 e. The van der Waals surface area contributed by atoms with Crippen LogP contribution in [-0.2, 0) is 6.54 Å². The highest BCUT2D eigenvalue weighted by Crippen LogP contribution is 2.27. The maximum atomic E-state index is 14.2. The minimum Gasteiger partial charge on any atom is -0.333 e. The molecule has 3 rings (SSSR count). The molecule has 118 valence electrons. The highest BCUT2D eigenvalue weighted by molar-refractivity contribution is 5.65. The first-order chi connectivity index (χ1) is 11.0. The van der Waals surface area contributed by atoms with Gasteiger partial charge < -0.3 is 4.57 Å². The zero-order valence-electron chi connectivity index (χ0n) is 12.2. The van der Waals surface area contributed by atoms with Gasteiger partial charge in [0, 0.05) is 23.5 Å². The molecule has 0 fully saturated rings. The Morgan fingerprint density at radius 1 is 0.870 bits per heavy atom. The topological polar surface area (TPSA) is 17.8 Å². The van der Waals surface area contributed by atoms with Crippen LogP contribution in [0.5, 0.6) is 0 Å². The Morgan fingerprint density at radius 2 is 1.39 bits per heavy atom. The molecular formula is C17H12F4N2. The standard InChI is InChI=1S/C17H12F4N2/c1-10-14(18)4-11(5-15(10)19)12-6-16(20)13(17(21)7-12)8-23-3-2-22-9-23/h2-7,9H,8H2,1H3. The average Bonchev–Trinajstić information content (AvgIpc) is 3.01. The van der Waals surface area contributed by atoms with Crippen LogP contribution in [0.15, 0.2) is 43.0 Å². The minimum absolute atomic E-state index is 0.0193. The van der Waals surface area contributed by atoms with Crippen molar-refractivity contribution >= 4 is 0 Å². The number of hydrogen-bond acceptors (Lipinski definition) is 1. The van der Waals surface area contributed by atoms with E-state index in [1.54, 1.807) is 6.20 Å². The number of hydrogen-bond donors (Lipinski definition) is 0. The van der Waals surface area contributed by atoms with Gasteiger partial charge in [-0.1, -0.05) is 0 Å². The Bertz CT molecular complexity index is 811. The first-order valence-corrected chi connectivity index (χ1v) is 6.85. The van der Waals surface area contributed by atoms with E-state index in [-0.39, 0.29) is 28.8 Å². The van der Waals surface area contributed by atoms with Gasteiger partial charge >= 0.3 is 0 Å². The van der Waals surface area contributed by atoms with Crippen LogP contribution < -0.4 is 0 Å². The van der Waals surface area contributed by atoms with Crippen molar-refractivity contribution in [3.8, 4) is 11.1 Å². The maximum absolute atomic E-state index is 14.2. The number of benzene rings is 2. The van der Waals surface area contributed by atoms with Crippen LogP contribution in [0.1, 0.15) is 11.1 Å². The van der Waals surface area contributed by atoms with E-state index in [0.29, 0.717) is 0 Å². The van der Waals surface area contributed by atoms with Crippen molar-refractivity contribution in [3.63, 3.8) is 0 Å². The third-order valence-corrected chi connectivity index (χ3v) is 3.66. The zero-order valence-corrected chi connectivity index (χ0v) is 12.2. The first kappa shape index (κ1) is 15.3. The van der Waals surface area contributed by atoms with Gasteiger partial charge in [-0.15, -0.1) is 0 Å². The minimum atomic E-state index is -0.782. The van der Waals surface area contributed by atoms with E-state index in [9.17, 15) is 17.6 Å². The Labute approximate surface area is 130 Å². The van der Waals surface area contributed by atoms with Gasteiger partial charge in [0.05, 0.1) is 12.9 Å². The van der Waals surface area contributed by atoms with Gasteiger partial charge in [-0.25, -0.2) is 22.5 Å². The fraction of sp³-hybridized carbons (Fsp3) is 0.118. The Balaban J connectivity index is 2.03. The molecule has 0 spiro atoms. The summed E-state index contributed by atoms with van der Waals surface area (Å²) in [6.07, 6.45) is 4.52. The number of halogens is 4. The van der Waals surface area contributed by atoms with Crippen molar-refractivity contribution in [2.75, 3.05) is 0 Å². The van der Waals surface area contributed by atoms with Crippen LogP contribution >= 0.6 is 0 Å². The van der Waals surface area contributed by atoms with Gasteiger partial charge in [0.15, 0.2) is 0 Å². The molecule has 2 aromatic carbocycles. The van der Waals surface area contributed by atoms with Crippen LogP contribution in [-0.4, -0.2) is 9.55 Å². The fourth-order valence-corrected chi connectivity index (χ4v) is 2.30. The molecule has 3 aromatic rings. The predicted molar refractivity (Wildman–Crippen MR) is 77.8 cm³/mol. The molecule has 0 amide bonds. The molecule has 0 unspecified atom stereocenters. The second-order valence-electron chi connectivity index (χ2n) is 5.22. The Kier molecular flexibility index (Phi) is 3.90. The lowest BCUT2D eigenvalue weighted by atomic mass is 10.0. The van der Waals surface area contributed by atoms with E-state index in [0.717, 1.165) is 24.3 Å². The molecular weight excluding hydrogens is 308 g/mol. The summed E-state index contributed by atoms with van der Waals surface area (Å²) in [5.41, 5.74) is -0.115. The highest BCUT2D eigenvalue weighted by atomic mass is 19.1. The monoisotopic (exact) mass is 320 g/mol. The second-order valence-corrected chi connectivity index (χ2v) is 5.22. The lowest BCUT2D eigenvalue weighted by Gasteiger charge is -2.10. The van der Waals surface area contributed by atoms with E-state index in [4.69, 9.17) is 0 Å². The van der Waals surface area contributed by atoms with Crippen LogP contribution in [0.4, 0.5) is 17.6 Å². The fourth-order valence-electron chi connectivity index (χ4n) is 2.30. The predicted octanol–water partition coefficient (Wildman–Crippen LogP) is 4.46. The first-order valence-electron chi connectivity index (χ1n) is 6.85.